The Labute approximate surface area is 180 Å². The van der Waals surface area contributed by atoms with Crippen LogP contribution >= 0.6 is 0 Å². The van der Waals surface area contributed by atoms with Gasteiger partial charge in [-0.15, -0.1) is 0 Å². The van der Waals surface area contributed by atoms with E-state index in [-0.39, 0.29) is 11.7 Å². The van der Waals surface area contributed by atoms with Crippen LogP contribution in [0.1, 0.15) is 15.9 Å². The van der Waals surface area contributed by atoms with Gasteiger partial charge in [-0.1, -0.05) is 36.4 Å². The van der Waals surface area contributed by atoms with E-state index in [1.54, 1.807) is 30.5 Å². The van der Waals surface area contributed by atoms with Gasteiger partial charge in [0.1, 0.15) is 5.52 Å². The van der Waals surface area contributed by atoms with E-state index in [0.717, 1.165) is 22.9 Å². The zero-order valence-electron chi connectivity index (χ0n) is 16.5. The Morgan fingerprint density at radius 2 is 1.53 bits per heavy atom. The Hall–Kier alpha value is -4.20. The van der Waals surface area contributed by atoms with Crippen molar-refractivity contribution < 1.29 is 18.0 Å². The van der Waals surface area contributed by atoms with Crippen LogP contribution in [0.5, 0.6) is 0 Å². The molecule has 5 rings (SSSR count). The van der Waals surface area contributed by atoms with Gasteiger partial charge >= 0.3 is 6.18 Å². The summed E-state index contributed by atoms with van der Waals surface area (Å²) >= 11 is 0. The number of fused-ring (bicyclic) bond motifs is 3. The first-order chi connectivity index (χ1) is 15.4. The molecule has 0 fully saturated rings. The highest BCUT2D eigenvalue weighted by Gasteiger charge is 2.30. The molecule has 0 bridgehead atoms. The molecular weight excluding hydrogens is 417 g/mol. The lowest BCUT2D eigenvalue weighted by Gasteiger charge is -2.08. The SMILES string of the molecule is O=C(Nc1nc2ccccc2c2cn(-c3ccc(C(F)(F)F)cc3)nc12)c1ccccc1. The van der Waals surface area contributed by atoms with Gasteiger partial charge in [-0.2, -0.15) is 18.3 Å². The number of hydrogen-bond donors (Lipinski definition) is 1. The molecule has 1 amide bonds. The van der Waals surface area contributed by atoms with Crippen LogP contribution in [0, 0.1) is 0 Å². The van der Waals surface area contributed by atoms with Gasteiger partial charge in [0.05, 0.1) is 16.8 Å². The average molecular weight is 432 g/mol. The third-order valence-corrected chi connectivity index (χ3v) is 5.09. The number of halogens is 3. The molecule has 32 heavy (non-hydrogen) atoms. The third kappa shape index (κ3) is 3.56. The van der Waals surface area contributed by atoms with Gasteiger partial charge in [0.2, 0.25) is 0 Å². The van der Waals surface area contributed by atoms with Crippen molar-refractivity contribution in [3.8, 4) is 5.69 Å². The van der Waals surface area contributed by atoms with Crippen LogP contribution in [0.15, 0.2) is 85.1 Å². The number of carbonyl (C=O) groups excluding carboxylic acids is 1. The lowest BCUT2D eigenvalue weighted by atomic mass is 10.1. The van der Waals surface area contributed by atoms with E-state index in [9.17, 15) is 18.0 Å². The molecule has 0 radical (unpaired) electrons. The van der Waals surface area contributed by atoms with Gasteiger partial charge in [0, 0.05) is 22.5 Å². The second kappa shape index (κ2) is 7.49. The maximum Gasteiger partial charge on any atom is 0.416 e. The lowest BCUT2D eigenvalue weighted by Crippen LogP contribution is -2.13. The van der Waals surface area contributed by atoms with Gasteiger partial charge in [-0.25, -0.2) is 9.67 Å². The first-order valence-corrected chi connectivity index (χ1v) is 9.72. The number of benzene rings is 3. The number of alkyl halides is 3. The van der Waals surface area contributed by atoms with Crippen molar-refractivity contribution >= 4 is 33.5 Å². The summed E-state index contributed by atoms with van der Waals surface area (Å²) in [5, 5.41) is 8.88. The molecule has 1 N–H and O–H groups in total. The smallest absolute Gasteiger partial charge is 0.305 e. The van der Waals surface area contributed by atoms with Crippen molar-refractivity contribution in [2.75, 3.05) is 5.32 Å². The van der Waals surface area contributed by atoms with Crippen LogP contribution in [-0.4, -0.2) is 20.7 Å². The standard InChI is InChI=1S/C24H15F3N4O/c25-24(26,27)16-10-12-17(13-11-16)31-14-19-18-8-4-5-9-20(18)28-22(21(19)30-31)29-23(32)15-6-2-1-3-7-15/h1-14H,(H,28,29,32). The fourth-order valence-corrected chi connectivity index (χ4v) is 3.51. The highest BCUT2D eigenvalue weighted by atomic mass is 19.4. The van der Waals surface area contributed by atoms with Gasteiger partial charge in [-0.3, -0.25) is 4.79 Å². The van der Waals surface area contributed by atoms with Crippen molar-refractivity contribution in [1.82, 2.24) is 14.8 Å². The highest BCUT2D eigenvalue weighted by Crippen LogP contribution is 2.32. The van der Waals surface area contributed by atoms with E-state index in [1.807, 2.05) is 30.3 Å². The van der Waals surface area contributed by atoms with Crippen LogP contribution in [0.25, 0.3) is 27.5 Å². The Kier molecular flexibility index (Phi) is 4.62. The minimum Gasteiger partial charge on any atom is -0.305 e. The fourth-order valence-electron chi connectivity index (χ4n) is 3.51. The summed E-state index contributed by atoms with van der Waals surface area (Å²) in [5.41, 5.74) is 1.29. The summed E-state index contributed by atoms with van der Waals surface area (Å²) in [6, 6.07) is 20.8. The monoisotopic (exact) mass is 432 g/mol. The van der Waals surface area contributed by atoms with Crippen LogP contribution in [0.3, 0.4) is 0 Å². The van der Waals surface area contributed by atoms with E-state index in [1.165, 1.54) is 16.8 Å². The quantitative estimate of drug-likeness (QED) is 0.389. The van der Waals surface area contributed by atoms with Gasteiger partial charge in [-0.05, 0) is 42.5 Å². The summed E-state index contributed by atoms with van der Waals surface area (Å²) in [4.78, 5) is 17.3. The maximum atomic E-state index is 12.9. The Bertz CT molecular complexity index is 1440. The number of anilines is 1. The number of amides is 1. The van der Waals surface area contributed by atoms with Crippen LogP contribution in [0.4, 0.5) is 19.0 Å². The fraction of sp³-hybridized carbons (Fsp3) is 0.0417. The molecule has 0 atom stereocenters. The molecule has 2 heterocycles. The second-order valence-electron chi connectivity index (χ2n) is 7.18. The lowest BCUT2D eigenvalue weighted by molar-refractivity contribution is -0.137. The van der Waals surface area contributed by atoms with E-state index in [4.69, 9.17) is 0 Å². The molecular formula is C24H15F3N4O. The Morgan fingerprint density at radius 1 is 0.844 bits per heavy atom. The Morgan fingerprint density at radius 3 is 2.25 bits per heavy atom. The normalized spacial score (nSPS) is 11.7. The molecule has 3 aromatic carbocycles. The number of aromatic nitrogens is 3. The van der Waals surface area contributed by atoms with E-state index in [0.29, 0.717) is 22.3 Å². The number of para-hydroxylation sites is 1. The number of pyridine rings is 1. The first kappa shape index (κ1) is 19.7. The molecule has 0 saturated heterocycles. The average Bonchev–Trinajstić information content (AvgIpc) is 3.25. The van der Waals surface area contributed by atoms with Gasteiger partial charge < -0.3 is 5.32 Å². The molecule has 0 unspecified atom stereocenters. The molecule has 158 valence electrons. The van der Waals surface area contributed by atoms with Gasteiger partial charge in [0.15, 0.2) is 5.82 Å². The number of nitrogens with zero attached hydrogens (tertiary/aromatic N) is 3. The molecule has 0 aliphatic carbocycles. The summed E-state index contributed by atoms with van der Waals surface area (Å²) in [6.45, 7) is 0. The zero-order valence-corrected chi connectivity index (χ0v) is 16.5. The van der Waals surface area contributed by atoms with Crippen molar-refractivity contribution in [3.05, 3.63) is 96.2 Å². The summed E-state index contributed by atoms with van der Waals surface area (Å²) in [7, 11) is 0. The van der Waals surface area contributed by atoms with Crippen LogP contribution in [0.2, 0.25) is 0 Å². The predicted molar refractivity (Wildman–Crippen MR) is 116 cm³/mol. The third-order valence-electron chi connectivity index (χ3n) is 5.09. The number of carbonyl (C=O) groups is 1. The minimum absolute atomic E-state index is 0.276. The molecule has 5 aromatic rings. The predicted octanol–water partition coefficient (Wildman–Crippen LogP) is 5.84. The Balaban J connectivity index is 1.63. The molecule has 5 nitrogen and oxygen atoms in total. The van der Waals surface area contributed by atoms with E-state index < -0.39 is 11.7 Å². The molecule has 0 saturated carbocycles. The molecule has 2 aromatic heterocycles. The molecule has 0 aliphatic heterocycles. The number of nitrogens with one attached hydrogen (secondary N) is 1. The second-order valence-corrected chi connectivity index (χ2v) is 7.18. The zero-order chi connectivity index (χ0) is 22.3. The number of rotatable bonds is 3. The van der Waals surface area contributed by atoms with E-state index >= 15 is 0 Å². The summed E-state index contributed by atoms with van der Waals surface area (Å²) < 4.78 is 40.2. The van der Waals surface area contributed by atoms with Crippen molar-refractivity contribution in [2.45, 2.75) is 6.18 Å². The number of hydrogen-bond acceptors (Lipinski definition) is 3. The largest absolute Gasteiger partial charge is 0.416 e. The summed E-state index contributed by atoms with van der Waals surface area (Å²) in [6.07, 6.45) is -2.69. The highest BCUT2D eigenvalue weighted by molar-refractivity contribution is 6.13. The van der Waals surface area contributed by atoms with E-state index in [2.05, 4.69) is 15.4 Å². The van der Waals surface area contributed by atoms with Crippen molar-refractivity contribution in [3.63, 3.8) is 0 Å². The van der Waals surface area contributed by atoms with Crippen LogP contribution in [-0.2, 0) is 6.18 Å². The van der Waals surface area contributed by atoms with Crippen molar-refractivity contribution in [2.24, 2.45) is 0 Å². The van der Waals surface area contributed by atoms with Crippen LogP contribution < -0.4 is 5.32 Å². The molecule has 0 aliphatic rings. The van der Waals surface area contributed by atoms with Gasteiger partial charge in [0.25, 0.3) is 5.91 Å². The maximum absolute atomic E-state index is 12.9. The minimum atomic E-state index is -4.41. The first-order valence-electron chi connectivity index (χ1n) is 9.72. The molecule has 8 heteroatoms. The van der Waals surface area contributed by atoms with Crippen molar-refractivity contribution in [1.29, 1.82) is 0 Å². The summed E-state index contributed by atoms with van der Waals surface area (Å²) in [5.74, 6) is -0.0584. The molecule has 0 spiro atoms. The topological polar surface area (TPSA) is 59.8 Å².